The lowest BCUT2D eigenvalue weighted by molar-refractivity contribution is -0.126. The minimum absolute atomic E-state index is 0.0164. The van der Waals surface area contributed by atoms with E-state index in [1.807, 2.05) is 6.92 Å². The lowest BCUT2D eigenvalue weighted by atomic mass is 9.94. The molecule has 1 fully saturated rings. The molecule has 0 heterocycles. The predicted molar refractivity (Wildman–Crippen MR) is 82.3 cm³/mol. The Labute approximate surface area is 121 Å². The van der Waals surface area contributed by atoms with Crippen molar-refractivity contribution in [1.82, 2.24) is 5.32 Å². The van der Waals surface area contributed by atoms with Gasteiger partial charge in [-0.15, -0.1) is 0 Å². The number of aryl methyl sites for hydroxylation is 1. The summed E-state index contributed by atoms with van der Waals surface area (Å²) >= 11 is 0. The first-order valence-electron chi connectivity index (χ1n) is 7.70. The molecule has 3 heteroatoms. The first-order valence-corrected chi connectivity index (χ1v) is 7.70. The summed E-state index contributed by atoms with van der Waals surface area (Å²) in [6.07, 6.45) is 5.36. The lowest BCUT2D eigenvalue weighted by Gasteiger charge is -2.23. The molecule has 2 rings (SSSR count). The molecular formula is C17H26N2O. The van der Waals surface area contributed by atoms with Crippen molar-refractivity contribution in [3.05, 3.63) is 35.4 Å². The lowest BCUT2D eigenvalue weighted by Crippen LogP contribution is -2.42. The van der Waals surface area contributed by atoms with Crippen molar-refractivity contribution in [1.29, 1.82) is 0 Å². The Hall–Kier alpha value is -1.35. The van der Waals surface area contributed by atoms with Crippen LogP contribution in [-0.2, 0) is 4.79 Å². The molecule has 1 saturated carbocycles. The van der Waals surface area contributed by atoms with E-state index in [4.69, 9.17) is 5.73 Å². The summed E-state index contributed by atoms with van der Waals surface area (Å²) in [6.45, 7) is 4.10. The van der Waals surface area contributed by atoms with Crippen molar-refractivity contribution in [2.75, 3.05) is 0 Å². The van der Waals surface area contributed by atoms with Gasteiger partial charge in [0, 0.05) is 6.04 Å². The van der Waals surface area contributed by atoms with Gasteiger partial charge in [0.25, 0.3) is 0 Å². The van der Waals surface area contributed by atoms with Crippen molar-refractivity contribution in [3.63, 3.8) is 0 Å². The fraction of sp³-hybridized carbons (Fsp3) is 0.588. The third-order valence-corrected chi connectivity index (χ3v) is 4.34. The zero-order chi connectivity index (χ0) is 14.5. The maximum Gasteiger partial charge on any atom is 0.225 e. The minimum Gasteiger partial charge on any atom is -0.349 e. The van der Waals surface area contributed by atoms with Crippen molar-refractivity contribution in [2.24, 2.45) is 11.7 Å². The summed E-state index contributed by atoms with van der Waals surface area (Å²) < 4.78 is 0. The van der Waals surface area contributed by atoms with Crippen LogP contribution in [0.4, 0.5) is 0 Å². The zero-order valence-electron chi connectivity index (χ0n) is 12.6. The van der Waals surface area contributed by atoms with E-state index in [1.54, 1.807) is 0 Å². The summed E-state index contributed by atoms with van der Waals surface area (Å²) in [5, 5.41) is 3.12. The predicted octanol–water partition coefficient (Wildman–Crippen LogP) is 3.08. The smallest absolute Gasteiger partial charge is 0.225 e. The highest BCUT2D eigenvalue weighted by Crippen LogP contribution is 2.23. The number of nitrogens with two attached hydrogens (primary N) is 1. The van der Waals surface area contributed by atoms with Crippen molar-refractivity contribution < 1.29 is 4.79 Å². The second-order valence-corrected chi connectivity index (χ2v) is 6.05. The van der Waals surface area contributed by atoms with Gasteiger partial charge in [0.1, 0.15) is 0 Å². The van der Waals surface area contributed by atoms with Crippen molar-refractivity contribution in [3.8, 4) is 0 Å². The molecule has 0 bridgehead atoms. The van der Waals surface area contributed by atoms with E-state index in [2.05, 4.69) is 36.5 Å². The standard InChI is InChI=1S/C17H26N2O/c1-12-8-10-14(11-9-12)13(2)19-17(20)15-6-4-3-5-7-16(15)18/h8-11,13,15-16H,3-7,18H2,1-2H3,(H,19,20)/t13-,15?,16?/m1/s1. The quantitative estimate of drug-likeness (QED) is 0.832. The van der Waals surface area contributed by atoms with E-state index in [9.17, 15) is 4.79 Å². The highest BCUT2D eigenvalue weighted by atomic mass is 16.2. The van der Waals surface area contributed by atoms with Crippen molar-refractivity contribution >= 4 is 5.91 Å². The van der Waals surface area contributed by atoms with Crippen LogP contribution >= 0.6 is 0 Å². The van der Waals surface area contributed by atoms with E-state index in [-0.39, 0.29) is 23.9 Å². The minimum atomic E-state index is -0.0228. The van der Waals surface area contributed by atoms with Gasteiger partial charge in [-0.3, -0.25) is 4.79 Å². The number of hydrogen-bond acceptors (Lipinski definition) is 2. The van der Waals surface area contributed by atoms with Gasteiger partial charge in [0.05, 0.1) is 12.0 Å². The maximum atomic E-state index is 12.4. The van der Waals surface area contributed by atoms with Gasteiger partial charge in [-0.05, 0) is 32.3 Å². The highest BCUT2D eigenvalue weighted by Gasteiger charge is 2.27. The number of carbonyl (C=O) groups excluding carboxylic acids is 1. The summed E-state index contributed by atoms with van der Waals surface area (Å²) in [6, 6.07) is 8.37. The second-order valence-electron chi connectivity index (χ2n) is 6.05. The number of hydrogen-bond donors (Lipinski definition) is 2. The first kappa shape index (κ1) is 15.0. The van der Waals surface area contributed by atoms with Gasteiger partial charge in [-0.1, -0.05) is 49.1 Å². The van der Waals surface area contributed by atoms with Gasteiger partial charge < -0.3 is 11.1 Å². The van der Waals surface area contributed by atoms with Crippen LogP contribution in [0.1, 0.15) is 56.2 Å². The van der Waals surface area contributed by atoms with Crippen LogP contribution in [0.15, 0.2) is 24.3 Å². The monoisotopic (exact) mass is 274 g/mol. The van der Waals surface area contributed by atoms with Crippen LogP contribution in [-0.4, -0.2) is 11.9 Å². The molecular weight excluding hydrogens is 248 g/mol. The van der Waals surface area contributed by atoms with Crippen LogP contribution < -0.4 is 11.1 Å². The van der Waals surface area contributed by atoms with Crippen LogP contribution in [0.5, 0.6) is 0 Å². The second kappa shape index (κ2) is 6.89. The van der Waals surface area contributed by atoms with Crippen LogP contribution in [0.25, 0.3) is 0 Å². The maximum absolute atomic E-state index is 12.4. The van der Waals surface area contributed by atoms with E-state index in [0.717, 1.165) is 31.2 Å². The molecule has 110 valence electrons. The number of nitrogens with one attached hydrogen (secondary N) is 1. The molecule has 0 saturated heterocycles. The molecule has 2 unspecified atom stereocenters. The highest BCUT2D eigenvalue weighted by molar-refractivity contribution is 5.79. The number of rotatable bonds is 3. The Bertz CT molecular complexity index is 441. The fourth-order valence-corrected chi connectivity index (χ4v) is 2.92. The molecule has 1 aliphatic carbocycles. The molecule has 3 nitrogen and oxygen atoms in total. The molecule has 0 radical (unpaired) electrons. The normalized spacial score (nSPS) is 24.8. The van der Waals surface area contributed by atoms with Gasteiger partial charge in [0.2, 0.25) is 5.91 Å². The Morgan fingerprint density at radius 3 is 2.55 bits per heavy atom. The zero-order valence-corrected chi connectivity index (χ0v) is 12.6. The van der Waals surface area contributed by atoms with E-state index in [1.165, 1.54) is 12.0 Å². The van der Waals surface area contributed by atoms with E-state index in [0.29, 0.717) is 0 Å². The first-order chi connectivity index (χ1) is 9.58. The molecule has 0 aliphatic heterocycles. The van der Waals surface area contributed by atoms with E-state index >= 15 is 0 Å². The molecule has 0 aromatic heterocycles. The summed E-state index contributed by atoms with van der Waals surface area (Å²) in [5.41, 5.74) is 8.53. The topological polar surface area (TPSA) is 55.1 Å². The van der Waals surface area contributed by atoms with Crippen LogP contribution in [0.2, 0.25) is 0 Å². The van der Waals surface area contributed by atoms with Gasteiger partial charge in [-0.2, -0.15) is 0 Å². The Morgan fingerprint density at radius 1 is 1.20 bits per heavy atom. The van der Waals surface area contributed by atoms with E-state index < -0.39 is 0 Å². The van der Waals surface area contributed by atoms with Crippen molar-refractivity contribution in [2.45, 2.75) is 58.0 Å². The molecule has 1 amide bonds. The molecule has 3 N–H and O–H groups in total. The third kappa shape index (κ3) is 3.83. The molecule has 1 aromatic carbocycles. The molecule has 1 aromatic rings. The molecule has 3 atom stereocenters. The Balaban J connectivity index is 1.97. The molecule has 0 spiro atoms. The van der Waals surface area contributed by atoms with Gasteiger partial charge in [-0.25, -0.2) is 0 Å². The largest absolute Gasteiger partial charge is 0.349 e. The number of amides is 1. The summed E-state index contributed by atoms with van der Waals surface area (Å²) in [5.74, 6) is 0.0953. The van der Waals surface area contributed by atoms with Gasteiger partial charge in [0.15, 0.2) is 0 Å². The third-order valence-electron chi connectivity index (χ3n) is 4.34. The summed E-state index contributed by atoms with van der Waals surface area (Å²) in [4.78, 5) is 12.4. The summed E-state index contributed by atoms with van der Waals surface area (Å²) in [7, 11) is 0. The van der Waals surface area contributed by atoms with Crippen LogP contribution in [0, 0.1) is 12.8 Å². The Morgan fingerprint density at radius 2 is 1.85 bits per heavy atom. The Kier molecular flexibility index (Phi) is 5.18. The number of benzene rings is 1. The average molecular weight is 274 g/mol. The fourth-order valence-electron chi connectivity index (χ4n) is 2.92. The van der Waals surface area contributed by atoms with Crippen LogP contribution in [0.3, 0.4) is 0 Å². The van der Waals surface area contributed by atoms with Gasteiger partial charge >= 0.3 is 0 Å². The molecule has 20 heavy (non-hydrogen) atoms. The average Bonchev–Trinajstić information content (AvgIpc) is 2.64. The number of carbonyl (C=O) groups is 1. The SMILES string of the molecule is Cc1ccc([C@@H](C)NC(=O)C2CCCCCC2N)cc1. The molecule has 1 aliphatic rings.